The second kappa shape index (κ2) is 7.43. The van der Waals surface area contributed by atoms with Crippen molar-refractivity contribution in [3.8, 4) is 5.75 Å². The molecule has 3 aromatic rings. The molecule has 2 aromatic heterocycles. The van der Waals surface area contributed by atoms with Crippen molar-refractivity contribution in [1.82, 2.24) is 20.4 Å². The number of thiazole rings is 1. The number of hydrogen-bond donors (Lipinski definition) is 1. The van der Waals surface area contributed by atoms with Gasteiger partial charge in [-0.25, -0.2) is 4.98 Å². The van der Waals surface area contributed by atoms with Crippen LogP contribution < -0.4 is 10.1 Å². The SMILES string of the molecule is O=C(NCc1nc(C2CC2)no1)c1csc(COc2ccc(Cl)cc2)n1. The molecule has 0 radical (unpaired) electrons. The van der Waals surface area contributed by atoms with Crippen molar-refractivity contribution in [2.75, 3.05) is 0 Å². The largest absolute Gasteiger partial charge is 0.486 e. The summed E-state index contributed by atoms with van der Waals surface area (Å²) in [5.41, 5.74) is 0.339. The third kappa shape index (κ3) is 4.20. The summed E-state index contributed by atoms with van der Waals surface area (Å²) in [7, 11) is 0. The molecule has 1 N–H and O–H groups in total. The highest BCUT2D eigenvalue weighted by atomic mass is 35.5. The van der Waals surface area contributed by atoms with Crippen molar-refractivity contribution in [2.45, 2.75) is 31.9 Å². The minimum Gasteiger partial charge on any atom is -0.486 e. The number of benzene rings is 1. The molecule has 0 aliphatic heterocycles. The summed E-state index contributed by atoms with van der Waals surface area (Å²) in [6.45, 7) is 0.473. The predicted molar refractivity (Wildman–Crippen MR) is 95.3 cm³/mol. The van der Waals surface area contributed by atoms with Crippen molar-refractivity contribution in [3.05, 3.63) is 57.1 Å². The Morgan fingerprint density at radius 1 is 1.31 bits per heavy atom. The number of ether oxygens (including phenoxy) is 1. The van der Waals surface area contributed by atoms with Gasteiger partial charge in [0.2, 0.25) is 5.89 Å². The Bertz CT molecular complexity index is 905. The Kier molecular flexibility index (Phi) is 4.85. The molecule has 7 nitrogen and oxygen atoms in total. The van der Waals surface area contributed by atoms with E-state index in [1.165, 1.54) is 11.3 Å². The first-order valence-corrected chi connectivity index (χ1v) is 9.36. The van der Waals surface area contributed by atoms with E-state index in [9.17, 15) is 4.79 Å². The molecule has 9 heteroatoms. The van der Waals surface area contributed by atoms with Gasteiger partial charge in [-0.3, -0.25) is 4.79 Å². The summed E-state index contributed by atoms with van der Waals surface area (Å²) in [6.07, 6.45) is 2.20. The van der Waals surface area contributed by atoms with Gasteiger partial charge in [-0.2, -0.15) is 4.98 Å². The summed E-state index contributed by atoms with van der Waals surface area (Å²) in [5.74, 6) is 1.96. The van der Waals surface area contributed by atoms with Crippen LogP contribution in [0.1, 0.15) is 46.0 Å². The molecular formula is C17H15ClN4O3S. The van der Waals surface area contributed by atoms with E-state index >= 15 is 0 Å². The van der Waals surface area contributed by atoms with Crippen LogP contribution in [0.25, 0.3) is 0 Å². The zero-order chi connectivity index (χ0) is 17.9. The molecule has 1 aliphatic rings. The lowest BCUT2D eigenvalue weighted by Gasteiger charge is -2.03. The number of halogens is 1. The van der Waals surface area contributed by atoms with Crippen molar-refractivity contribution >= 4 is 28.8 Å². The summed E-state index contributed by atoms with van der Waals surface area (Å²) >= 11 is 7.20. The minimum atomic E-state index is -0.287. The van der Waals surface area contributed by atoms with E-state index in [0.29, 0.717) is 33.3 Å². The highest BCUT2D eigenvalue weighted by Crippen LogP contribution is 2.38. The predicted octanol–water partition coefficient (Wildman–Crippen LogP) is 3.57. The van der Waals surface area contributed by atoms with E-state index in [4.69, 9.17) is 20.9 Å². The Balaban J connectivity index is 1.28. The third-order valence-electron chi connectivity index (χ3n) is 3.79. The molecule has 0 unspecified atom stereocenters. The molecule has 26 heavy (non-hydrogen) atoms. The van der Waals surface area contributed by atoms with Crippen LogP contribution in [-0.2, 0) is 13.2 Å². The first-order valence-electron chi connectivity index (χ1n) is 8.11. The maximum absolute atomic E-state index is 12.2. The highest BCUT2D eigenvalue weighted by Gasteiger charge is 2.28. The number of rotatable bonds is 7. The van der Waals surface area contributed by atoms with E-state index in [1.54, 1.807) is 29.6 Å². The Morgan fingerprint density at radius 3 is 2.88 bits per heavy atom. The van der Waals surface area contributed by atoms with Crippen molar-refractivity contribution in [1.29, 1.82) is 0 Å². The molecule has 2 heterocycles. The molecule has 0 bridgehead atoms. The van der Waals surface area contributed by atoms with Gasteiger partial charge in [0.15, 0.2) is 5.82 Å². The Labute approximate surface area is 158 Å². The van der Waals surface area contributed by atoms with Gasteiger partial charge in [-0.05, 0) is 37.1 Å². The van der Waals surface area contributed by atoms with Gasteiger partial charge in [0, 0.05) is 16.3 Å². The van der Waals surface area contributed by atoms with E-state index in [2.05, 4.69) is 20.4 Å². The normalized spacial score (nSPS) is 13.6. The van der Waals surface area contributed by atoms with E-state index in [-0.39, 0.29) is 19.1 Å². The van der Waals surface area contributed by atoms with Gasteiger partial charge in [0.25, 0.3) is 5.91 Å². The second-order valence-corrected chi connectivity index (χ2v) is 7.25. The van der Waals surface area contributed by atoms with Crippen LogP contribution in [0.5, 0.6) is 5.75 Å². The van der Waals surface area contributed by atoms with E-state index in [0.717, 1.165) is 18.7 Å². The smallest absolute Gasteiger partial charge is 0.271 e. The second-order valence-electron chi connectivity index (χ2n) is 5.87. The summed E-state index contributed by atoms with van der Waals surface area (Å²) in [4.78, 5) is 20.7. The number of amides is 1. The maximum Gasteiger partial charge on any atom is 0.271 e. The van der Waals surface area contributed by atoms with Crippen molar-refractivity contribution in [3.63, 3.8) is 0 Å². The monoisotopic (exact) mass is 390 g/mol. The number of carbonyl (C=O) groups is 1. The molecule has 4 rings (SSSR count). The molecule has 0 atom stereocenters. The number of nitrogens with zero attached hydrogens (tertiary/aromatic N) is 3. The fraction of sp³-hybridized carbons (Fsp3) is 0.294. The number of hydrogen-bond acceptors (Lipinski definition) is 7. The molecule has 0 spiro atoms. The van der Waals surface area contributed by atoms with E-state index in [1.807, 2.05) is 0 Å². The lowest BCUT2D eigenvalue weighted by molar-refractivity contribution is 0.0941. The molecule has 0 saturated heterocycles. The fourth-order valence-corrected chi connectivity index (χ4v) is 3.06. The highest BCUT2D eigenvalue weighted by molar-refractivity contribution is 7.09. The van der Waals surface area contributed by atoms with Gasteiger partial charge < -0.3 is 14.6 Å². The van der Waals surface area contributed by atoms with Crippen LogP contribution in [0, 0.1) is 0 Å². The van der Waals surface area contributed by atoms with Crippen LogP contribution in [0.4, 0.5) is 0 Å². The van der Waals surface area contributed by atoms with Gasteiger partial charge in [-0.15, -0.1) is 11.3 Å². The lowest BCUT2D eigenvalue weighted by Crippen LogP contribution is -2.23. The Morgan fingerprint density at radius 2 is 2.12 bits per heavy atom. The van der Waals surface area contributed by atoms with E-state index < -0.39 is 0 Å². The lowest BCUT2D eigenvalue weighted by atomic mass is 10.3. The van der Waals surface area contributed by atoms with Gasteiger partial charge in [0.05, 0.1) is 6.54 Å². The molecule has 134 valence electrons. The number of nitrogens with one attached hydrogen (secondary N) is 1. The standard InChI is InChI=1S/C17H15ClN4O3S/c18-11-3-5-12(6-4-11)24-8-15-20-13(9-26-15)17(23)19-7-14-21-16(22-25-14)10-1-2-10/h3-6,9-10H,1-2,7-8H2,(H,19,23). The maximum atomic E-state index is 12.2. The topological polar surface area (TPSA) is 90.1 Å². The summed E-state index contributed by atoms with van der Waals surface area (Å²) in [5, 5.41) is 9.70. The molecule has 1 aliphatic carbocycles. The minimum absolute atomic E-state index is 0.187. The van der Waals surface area contributed by atoms with Crippen LogP contribution in [-0.4, -0.2) is 21.0 Å². The van der Waals surface area contributed by atoms with Crippen molar-refractivity contribution < 1.29 is 14.1 Å². The molecular weight excluding hydrogens is 376 g/mol. The average Bonchev–Trinajstić information content (AvgIpc) is 3.20. The molecule has 1 aromatic carbocycles. The molecule has 1 amide bonds. The Hall–Kier alpha value is -2.45. The van der Waals surface area contributed by atoms with Crippen LogP contribution in [0.15, 0.2) is 34.2 Å². The molecule has 1 saturated carbocycles. The number of carbonyl (C=O) groups excluding carboxylic acids is 1. The van der Waals surface area contributed by atoms with Gasteiger partial charge in [-0.1, -0.05) is 16.8 Å². The number of aromatic nitrogens is 3. The summed E-state index contributed by atoms with van der Waals surface area (Å²) < 4.78 is 10.8. The van der Waals surface area contributed by atoms with Crippen LogP contribution in [0.3, 0.4) is 0 Å². The van der Waals surface area contributed by atoms with Crippen LogP contribution in [0.2, 0.25) is 5.02 Å². The third-order valence-corrected chi connectivity index (χ3v) is 4.86. The summed E-state index contributed by atoms with van der Waals surface area (Å²) in [6, 6.07) is 7.07. The van der Waals surface area contributed by atoms with Crippen molar-refractivity contribution in [2.24, 2.45) is 0 Å². The van der Waals surface area contributed by atoms with Gasteiger partial charge in [0.1, 0.15) is 23.1 Å². The quantitative estimate of drug-likeness (QED) is 0.663. The fourth-order valence-electron chi connectivity index (χ4n) is 2.25. The zero-order valence-electron chi connectivity index (χ0n) is 13.6. The van der Waals surface area contributed by atoms with Crippen LogP contribution >= 0.6 is 22.9 Å². The zero-order valence-corrected chi connectivity index (χ0v) is 15.2. The van der Waals surface area contributed by atoms with Gasteiger partial charge >= 0.3 is 0 Å². The first kappa shape index (κ1) is 17.0. The molecule has 1 fully saturated rings. The average molecular weight is 391 g/mol. The first-order chi connectivity index (χ1) is 12.7.